The van der Waals surface area contributed by atoms with Crippen LogP contribution in [0.4, 0.5) is 11.4 Å². The van der Waals surface area contributed by atoms with Crippen LogP contribution in [-0.2, 0) is 14.8 Å². The van der Waals surface area contributed by atoms with Crippen LogP contribution in [0.3, 0.4) is 0 Å². The molecule has 21 heavy (non-hydrogen) atoms. The second-order valence-electron chi connectivity index (χ2n) is 5.10. The predicted molar refractivity (Wildman–Crippen MR) is 84.2 cm³/mol. The number of sulfonamides is 1. The summed E-state index contributed by atoms with van der Waals surface area (Å²) in [4.78, 5) is 11.8. The first kappa shape index (κ1) is 16.1. The Bertz CT molecular complexity index is 630. The molecule has 0 spiro atoms. The molecule has 1 saturated carbocycles. The molecule has 0 bridgehead atoms. The van der Waals surface area contributed by atoms with E-state index >= 15 is 0 Å². The number of anilines is 2. The summed E-state index contributed by atoms with van der Waals surface area (Å²) < 4.78 is 24.7. The van der Waals surface area contributed by atoms with E-state index in [0.717, 1.165) is 6.26 Å². The summed E-state index contributed by atoms with van der Waals surface area (Å²) in [6.07, 6.45) is 3.75. The Labute approximate surface area is 129 Å². The first-order valence-electron chi connectivity index (χ1n) is 6.64. The molecule has 1 amide bonds. The van der Waals surface area contributed by atoms with Crippen LogP contribution in [0.1, 0.15) is 19.3 Å². The minimum absolute atomic E-state index is 0.165. The third-order valence-electron chi connectivity index (χ3n) is 2.91. The molecule has 6 nitrogen and oxygen atoms in total. The van der Waals surface area contributed by atoms with Gasteiger partial charge < -0.3 is 10.6 Å². The van der Waals surface area contributed by atoms with Crippen molar-refractivity contribution in [3.63, 3.8) is 0 Å². The first-order chi connectivity index (χ1) is 9.83. The highest BCUT2D eigenvalue weighted by atomic mass is 35.5. The number of carbonyl (C=O) groups excluding carboxylic acids is 1. The molecular formula is C13H18ClN3O3S. The summed E-state index contributed by atoms with van der Waals surface area (Å²) >= 11 is 6.00. The maximum absolute atomic E-state index is 11.8. The summed E-state index contributed by atoms with van der Waals surface area (Å²) in [7, 11) is -3.37. The van der Waals surface area contributed by atoms with Crippen molar-refractivity contribution in [2.75, 3.05) is 22.8 Å². The summed E-state index contributed by atoms with van der Waals surface area (Å²) in [6.45, 7) is 0.620. The molecule has 116 valence electrons. The number of benzene rings is 1. The largest absolute Gasteiger partial charge is 0.325 e. The molecule has 3 N–H and O–H groups in total. The minimum atomic E-state index is -3.37. The molecule has 8 heteroatoms. The fourth-order valence-corrected chi connectivity index (χ4v) is 2.51. The van der Waals surface area contributed by atoms with E-state index in [1.807, 2.05) is 0 Å². The third kappa shape index (κ3) is 5.91. The van der Waals surface area contributed by atoms with E-state index in [1.54, 1.807) is 0 Å². The zero-order chi connectivity index (χ0) is 15.5. The molecule has 0 heterocycles. The van der Waals surface area contributed by atoms with Crippen molar-refractivity contribution in [2.45, 2.75) is 25.3 Å². The van der Waals surface area contributed by atoms with Gasteiger partial charge in [-0.2, -0.15) is 0 Å². The average Bonchev–Trinajstić information content (AvgIpc) is 3.15. The van der Waals surface area contributed by atoms with Gasteiger partial charge in [0.05, 0.1) is 22.7 Å². The van der Waals surface area contributed by atoms with Crippen molar-refractivity contribution in [3.8, 4) is 0 Å². The Balaban J connectivity index is 1.93. The lowest BCUT2D eigenvalue weighted by Crippen LogP contribution is -2.23. The van der Waals surface area contributed by atoms with E-state index in [0.29, 0.717) is 35.4 Å². The zero-order valence-electron chi connectivity index (χ0n) is 11.6. The van der Waals surface area contributed by atoms with Crippen molar-refractivity contribution < 1.29 is 13.2 Å². The number of amides is 1. The number of carbonyl (C=O) groups is 1. The van der Waals surface area contributed by atoms with E-state index in [9.17, 15) is 13.2 Å². The van der Waals surface area contributed by atoms with Gasteiger partial charge in [-0.05, 0) is 31.0 Å². The highest BCUT2D eigenvalue weighted by molar-refractivity contribution is 7.92. The molecule has 1 aliphatic carbocycles. The van der Waals surface area contributed by atoms with Gasteiger partial charge in [-0.15, -0.1) is 0 Å². The van der Waals surface area contributed by atoms with Crippen LogP contribution < -0.4 is 15.4 Å². The molecule has 1 aliphatic rings. The van der Waals surface area contributed by atoms with Crippen LogP contribution in [0.2, 0.25) is 5.02 Å². The van der Waals surface area contributed by atoms with Crippen LogP contribution in [-0.4, -0.2) is 33.2 Å². The molecule has 1 aromatic rings. The van der Waals surface area contributed by atoms with Crippen LogP contribution in [0, 0.1) is 0 Å². The fourth-order valence-electron chi connectivity index (χ4n) is 1.79. The third-order valence-corrected chi connectivity index (χ3v) is 3.84. The Morgan fingerprint density at radius 2 is 2.10 bits per heavy atom. The Hall–Kier alpha value is -1.31. The number of rotatable bonds is 7. The van der Waals surface area contributed by atoms with Gasteiger partial charge in [-0.3, -0.25) is 9.52 Å². The van der Waals surface area contributed by atoms with E-state index < -0.39 is 10.0 Å². The highest BCUT2D eigenvalue weighted by Crippen LogP contribution is 2.26. The van der Waals surface area contributed by atoms with Crippen LogP contribution in [0.15, 0.2) is 18.2 Å². The van der Waals surface area contributed by atoms with Crippen molar-refractivity contribution in [2.24, 2.45) is 0 Å². The molecule has 1 fully saturated rings. The summed E-state index contributed by atoms with van der Waals surface area (Å²) in [6, 6.07) is 5.12. The number of hydrogen-bond acceptors (Lipinski definition) is 4. The van der Waals surface area contributed by atoms with E-state index in [4.69, 9.17) is 11.6 Å². The van der Waals surface area contributed by atoms with Gasteiger partial charge >= 0.3 is 0 Å². The zero-order valence-corrected chi connectivity index (χ0v) is 13.2. The van der Waals surface area contributed by atoms with Crippen molar-refractivity contribution >= 4 is 38.9 Å². The lowest BCUT2D eigenvalue weighted by atomic mass is 10.2. The normalized spacial score (nSPS) is 14.8. The maximum Gasteiger partial charge on any atom is 0.229 e. The second kappa shape index (κ2) is 6.64. The van der Waals surface area contributed by atoms with Gasteiger partial charge in [0.15, 0.2) is 0 Å². The molecule has 0 saturated heterocycles. The molecule has 0 aliphatic heterocycles. The minimum Gasteiger partial charge on any atom is -0.325 e. The van der Waals surface area contributed by atoms with E-state index in [-0.39, 0.29) is 5.91 Å². The molecular weight excluding hydrogens is 314 g/mol. The molecule has 2 rings (SSSR count). The number of nitrogens with one attached hydrogen (secondary N) is 3. The standard InChI is InChI=1S/C13H18ClN3O3S/c1-21(19,20)17-10-4-5-11(14)12(8-10)16-13(18)6-7-15-9-2-3-9/h4-5,8-9,15,17H,2-3,6-7H2,1H3,(H,16,18). The van der Waals surface area contributed by atoms with Crippen LogP contribution >= 0.6 is 11.6 Å². The van der Waals surface area contributed by atoms with Gasteiger partial charge in [0, 0.05) is 19.0 Å². The van der Waals surface area contributed by atoms with Crippen LogP contribution in [0.25, 0.3) is 0 Å². The van der Waals surface area contributed by atoms with E-state index in [1.165, 1.54) is 31.0 Å². The SMILES string of the molecule is CS(=O)(=O)Nc1ccc(Cl)c(NC(=O)CCNC2CC2)c1. The highest BCUT2D eigenvalue weighted by Gasteiger charge is 2.20. The van der Waals surface area contributed by atoms with Gasteiger partial charge in [0.2, 0.25) is 15.9 Å². The van der Waals surface area contributed by atoms with Crippen molar-refractivity contribution in [3.05, 3.63) is 23.2 Å². The lowest BCUT2D eigenvalue weighted by Gasteiger charge is -2.10. The molecule has 0 radical (unpaired) electrons. The smallest absolute Gasteiger partial charge is 0.229 e. The van der Waals surface area contributed by atoms with Crippen LogP contribution in [0.5, 0.6) is 0 Å². The van der Waals surface area contributed by atoms with Crippen molar-refractivity contribution in [1.82, 2.24) is 5.32 Å². The van der Waals surface area contributed by atoms with Gasteiger partial charge in [-0.25, -0.2) is 8.42 Å². The topological polar surface area (TPSA) is 87.3 Å². The molecule has 1 aromatic carbocycles. The second-order valence-corrected chi connectivity index (χ2v) is 7.25. The van der Waals surface area contributed by atoms with Gasteiger partial charge in [0.1, 0.15) is 0 Å². The number of hydrogen-bond donors (Lipinski definition) is 3. The molecule has 0 unspecified atom stereocenters. The lowest BCUT2D eigenvalue weighted by molar-refractivity contribution is -0.116. The summed E-state index contributed by atoms with van der Waals surface area (Å²) in [5.74, 6) is -0.165. The van der Waals surface area contributed by atoms with Gasteiger partial charge in [-0.1, -0.05) is 11.6 Å². The van der Waals surface area contributed by atoms with E-state index in [2.05, 4.69) is 15.4 Å². The molecule has 0 atom stereocenters. The predicted octanol–water partition coefficient (Wildman–Crippen LogP) is 1.79. The Morgan fingerprint density at radius 1 is 1.38 bits per heavy atom. The van der Waals surface area contributed by atoms with Crippen molar-refractivity contribution in [1.29, 1.82) is 0 Å². The summed E-state index contributed by atoms with van der Waals surface area (Å²) in [5, 5.41) is 6.29. The maximum atomic E-state index is 11.8. The Kier molecular flexibility index (Phi) is 5.08. The summed E-state index contributed by atoms with van der Waals surface area (Å²) in [5.41, 5.74) is 0.745. The Morgan fingerprint density at radius 3 is 2.71 bits per heavy atom. The number of halogens is 1. The first-order valence-corrected chi connectivity index (χ1v) is 8.91. The monoisotopic (exact) mass is 331 g/mol. The van der Waals surface area contributed by atoms with Gasteiger partial charge in [0.25, 0.3) is 0 Å². The average molecular weight is 332 g/mol. The quantitative estimate of drug-likeness (QED) is 0.711. The molecule has 0 aromatic heterocycles. The fraction of sp³-hybridized carbons (Fsp3) is 0.462.